The number of aromatic nitrogens is 2. The van der Waals surface area contributed by atoms with E-state index in [9.17, 15) is 13.2 Å². The van der Waals surface area contributed by atoms with Crippen LogP contribution in [0.25, 0.3) is 0 Å². The van der Waals surface area contributed by atoms with Crippen LogP contribution in [0, 0.1) is 5.92 Å². The van der Waals surface area contributed by atoms with Crippen molar-refractivity contribution in [3.63, 3.8) is 0 Å². The van der Waals surface area contributed by atoms with Crippen LogP contribution in [0.2, 0.25) is 0 Å². The van der Waals surface area contributed by atoms with Crippen molar-refractivity contribution >= 4 is 17.5 Å². The number of hydrogen-bond donors (Lipinski definition) is 2. The number of hydrogen-bond acceptors (Lipinski definition) is 5. The SMILES string of the molecule is NCC1CCN(c2nc(Nc3ccccc3)ncc2C(F)(F)F)CC1. The Morgan fingerprint density at radius 3 is 2.44 bits per heavy atom. The van der Waals surface area contributed by atoms with Crippen LogP contribution in [0.4, 0.5) is 30.6 Å². The fraction of sp³-hybridized carbons (Fsp3) is 0.412. The van der Waals surface area contributed by atoms with Crippen molar-refractivity contribution in [1.82, 2.24) is 9.97 Å². The standard InChI is InChI=1S/C17H20F3N5/c18-17(19,20)14-11-22-16(23-13-4-2-1-3-5-13)24-15(14)25-8-6-12(10-21)7-9-25/h1-5,11-12H,6-10,21H2,(H,22,23,24). The Bertz CT molecular complexity index is 697. The summed E-state index contributed by atoms with van der Waals surface area (Å²) in [6.45, 7) is 1.57. The molecule has 0 spiro atoms. The third kappa shape index (κ3) is 4.19. The molecule has 134 valence electrons. The molecular formula is C17H20F3N5. The summed E-state index contributed by atoms with van der Waals surface area (Å²) in [4.78, 5) is 9.67. The highest BCUT2D eigenvalue weighted by atomic mass is 19.4. The van der Waals surface area contributed by atoms with Gasteiger partial charge in [0.05, 0.1) is 0 Å². The van der Waals surface area contributed by atoms with Gasteiger partial charge >= 0.3 is 6.18 Å². The molecule has 25 heavy (non-hydrogen) atoms. The van der Waals surface area contributed by atoms with Gasteiger partial charge in [0.25, 0.3) is 0 Å². The molecular weight excluding hydrogens is 331 g/mol. The van der Waals surface area contributed by atoms with E-state index in [4.69, 9.17) is 5.73 Å². The lowest BCUT2D eigenvalue weighted by atomic mass is 9.97. The maximum absolute atomic E-state index is 13.4. The second-order valence-electron chi connectivity index (χ2n) is 6.09. The highest BCUT2D eigenvalue weighted by Crippen LogP contribution is 2.37. The minimum absolute atomic E-state index is 0.0728. The van der Waals surface area contributed by atoms with Crippen molar-refractivity contribution in [3.05, 3.63) is 42.1 Å². The lowest BCUT2D eigenvalue weighted by Gasteiger charge is -2.33. The molecule has 1 aromatic carbocycles. The summed E-state index contributed by atoms with van der Waals surface area (Å²) in [7, 11) is 0. The molecule has 3 rings (SSSR count). The van der Waals surface area contributed by atoms with Crippen LogP contribution in [0.15, 0.2) is 36.5 Å². The van der Waals surface area contributed by atoms with Crippen molar-refractivity contribution in [3.8, 4) is 0 Å². The lowest BCUT2D eigenvalue weighted by molar-refractivity contribution is -0.137. The Morgan fingerprint density at radius 2 is 1.84 bits per heavy atom. The molecule has 1 fully saturated rings. The average molecular weight is 351 g/mol. The largest absolute Gasteiger partial charge is 0.421 e. The third-order valence-corrected chi connectivity index (χ3v) is 4.35. The van der Waals surface area contributed by atoms with E-state index in [0.29, 0.717) is 25.6 Å². The van der Waals surface area contributed by atoms with Gasteiger partial charge in [0, 0.05) is 25.0 Å². The van der Waals surface area contributed by atoms with Crippen LogP contribution in [-0.4, -0.2) is 29.6 Å². The predicted octanol–water partition coefficient (Wildman–Crippen LogP) is 3.41. The molecule has 5 nitrogen and oxygen atoms in total. The third-order valence-electron chi connectivity index (χ3n) is 4.35. The molecule has 0 radical (unpaired) electrons. The van der Waals surface area contributed by atoms with Gasteiger partial charge < -0.3 is 16.0 Å². The molecule has 1 aromatic heterocycles. The summed E-state index contributed by atoms with van der Waals surface area (Å²) in [5.41, 5.74) is 5.57. The molecule has 1 saturated heterocycles. The zero-order valence-corrected chi connectivity index (χ0v) is 13.6. The van der Waals surface area contributed by atoms with Gasteiger partial charge in [-0.3, -0.25) is 0 Å². The predicted molar refractivity (Wildman–Crippen MR) is 90.8 cm³/mol. The number of anilines is 3. The lowest BCUT2D eigenvalue weighted by Crippen LogP contribution is -2.37. The number of nitrogens with two attached hydrogens (primary N) is 1. The summed E-state index contributed by atoms with van der Waals surface area (Å²) >= 11 is 0. The number of rotatable bonds is 4. The van der Waals surface area contributed by atoms with E-state index in [1.54, 1.807) is 17.0 Å². The molecule has 2 heterocycles. The Labute approximate surface area is 144 Å². The number of alkyl halides is 3. The molecule has 0 atom stereocenters. The summed E-state index contributed by atoms with van der Waals surface area (Å²) in [5.74, 6) is 0.431. The average Bonchev–Trinajstić information content (AvgIpc) is 2.62. The van der Waals surface area contributed by atoms with Crippen LogP contribution < -0.4 is 16.0 Å². The normalized spacial score (nSPS) is 16.1. The zero-order valence-electron chi connectivity index (χ0n) is 13.6. The van der Waals surface area contributed by atoms with Crippen molar-refractivity contribution in [2.24, 2.45) is 11.7 Å². The second kappa shape index (κ2) is 7.26. The first kappa shape index (κ1) is 17.5. The van der Waals surface area contributed by atoms with Crippen LogP contribution in [-0.2, 0) is 6.18 Å². The number of nitrogens with one attached hydrogen (secondary N) is 1. The number of benzene rings is 1. The van der Waals surface area contributed by atoms with E-state index >= 15 is 0 Å². The van der Waals surface area contributed by atoms with Crippen LogP contribution in [0.3, 0.4) is 0 Å². The quantitative estimate of drug-likeness (QED) is 0.884. The summed E-state index contributed by atoms with van der Waals surface area (Å²) in [5, 5.41) is 2.95. The number of nitrogens with zero attached hydrogens (tertiary/aromatic N) is 3. The smallest absolute Gasteiger partial charge is 0.356 e. The first-order chi connectivity index (χ1) is 12.0. The molecule has 3 N–H and O–H groups in total. The fourth-order valence-corrected chi connectivity index (χ4v) is 2.91. The first-order valence-corrected chi connectivity index (χ1v) is 8.18. The first-order valence-electron chi connectivity index (χ1n) is 8.18. The monoisotopic (exact) mass is 351 g/mol. The van der Waals surface area contributed by atoms with Crippen molar-refractivity contribution in [2.45, 2.75) is 19.0 Å². The van der Waals surface area contributed by atoms with Crippen LogP contribution in [0.1, 0.15) is 18.4 Å². The molecule has 0 bridgehead atoms. The van der Waals surface area contributed by atoms with Crippen LogP contribution >= 0.6 is 0 Å². The molecule has 1 aliphatic rings. The summed E-state index contributed by atoms with van der Waals surface area (Å²) in [6, 6.07) is 9.10. The van der Waals surface area contributed by atoms with Gasteiger partial charge in [-0.25, -0.2) is 4.98 Å². The second-order valence-corrected chi connectivity index (χ2v) is 6.09. The number of halogens is 3. The topological polar surface area (TPSA) is 67.1 Å². The van der Waals surface area contributed by atoms with E-state index in [2.05, 4.69) is 15.3 Å². The van der Waals surface area contributed by atoms with E-state index < -0.39 is 11.7 Å². The molecule has 0 unspecified atom stereocenters. The highest BCUT2D eigenvalue weighted by Gasteiger charge is 2.37. The number of piperidine rings is 1. The number of para-hydroxylation sites is 1. The van der Waals surface area contributed by atoms with Gasteiger partial charge in [0.1, 0.15) is 11.4 Å². The fourth-order valence-electron chi connectivity index (χ4n) is 2.91. The Kier molecular flexibility index (Phi) is 5.08. The van der Waals surface area contributed by atoms with Gasteiger partial charge in [0.2, 0.25) is 5.95 Å². The van der Waals surface area contributed by atoms with Crippen molar-refractivity contribution in [2.75, 3.05) is 29.9 Å². The summed E-state index contributed by atoms with van der Waals surface area (Å²) in [6.07, 6.45) is -2.12. The maximum atomic E-state index is 13.4. The Balaban J connectivity index is 1.89. The van der Waals surface area contributed by atoms with Gasteiger partial charge in [-0.15, -0.1) is 0 Å². The van der Waals surface area contributed by atoms with E-state index in [0.717, 1.165) is 24.7 Å². The zero-order chi connectivity index (χ0) is 17.9. The maximum Gasteiger partial charge on any atom is 0.421 e. The molecule has 0 amide bonds. The van der Waals surface area contributed by atoms with E-state index in [1.165, 1.54) is 0 Å². The summed E-state index contributed by atoms with van der Waals surface area (Å²) < 4.78 is 40.1. The van der Waals surface area contributed by atoms with Gasteiger partial charge in [-0.1, -0.05) is 18.2 Å². The minimum atomic E-state index is -4.49. The Hall–Kier alpha value is -2.35. The van der Waals surface area contributed by atoms with Gasteiger partial charge in [-0.05, 0) is 37.4 Å². The molecule has 0 aliphatic carbocycles. The minimum Gasteiger partial charge on any atom is -0.356 e. The van der Waals surface area contributed by atoms with Gasteiger partial charge in [-0.2, -0.15) is 18.2 Å². The van der Waals surface area contributed by atoms with E-state index in [1.807, 2.05) is 18.2 Å². The molecule has 0 saturated carbocycles. The van der Waals surface area contributed by atoms with Crippen molar-refractivity contribution in [1.29, 1.82) is 0 Å². The molecule has 1 aliphatic heterocycles. The van der Waals surface area contributed by atoms with Crippen molar-refractivity contribution < 1.29 is 13.2 Å². The Morgan fingerprint density at radius 1 is 1.16 bits per heavy atom. The van der Waals surface area contributed by atoms with Crippen LogP contribution in [0.5, 0.6) is 0 Å². The molecule has 8 heteroatoms. The van der Waals surface area contributed by atoms with E-state index in [-0.39, 0.29) is 11.8 Å². The molecule has 2 aromatic rings. The highest BCUT2D eigenvalue weighted by molar-refractivity contribution is 5.57. The van der Waals surface area contributed by atoms with Gasteiger partial charge in [0.15, 0.2) is 0 Å².